The molecule has 0 amide bonds. The Bertz CT molecular complexity index is 262. The van der Waals surface area contributed by atoms with Gasteiger partial charge in [-0.05, 0) is 43.5 Å². The molecule has 0 unspecified atom stereocenters. The van der Waals surface area contributed by atoms with Crippen LogP contribution in [0.5, 0.6) is 0 Å². The summed E-state index contributed by atoms with van der Waals surface area (Å²) in [5.41, 5.74) is 1.13. The van der Waals surface area contributed by atoms with Crippen LogP contribution in [0.1, 0.15) is 12.8 Å². The van der Waals surface area contributed by atoms with Crippen LogP contribution in [0, 0.1) is 12.2 Å². The molecule has 13 heavy (non-hydrogen) atoms. The molecule has 0 aromatic heterocycles. The van der Waals surface area contributed by atoms with E-state index in [-0.39, 0.29) is 5.82 Å². The van der Waals surface area contributed by atoms with Gasteiger partial charge in [0.1, 0.15) is 5.82 Å². The summed E-state index contributed by atoms with van der Waals surface area (Å²) >= 11 is 0. The van der Waals surface area contributed by atoms with Gasteiger partial charge in [0.15, 0.2) is 0 Å². The minimum Gasteiger partial charge on any atom is -0.372 e. The second kappa shape index (κ2) is 3.77. The van der Waals surface area contributed by atoms with Crippen LogP contribution in [-0.4, -0.2) is 13.1 Å². The van der Waals surface area contributed by atoms with Gasteiger partial charge in [0.2, 0.25) is 0 Å². The van der Waals surface area contributed by atoms with Crippen LogP contribution in [0.25, 0.3) is 0 Å². The number of anilines is 1. The van der Waals surface area contributed by atoms with Gasteiger partial charge in [-0.1, -0.05) is 0 Å². The Balaban J connectivity index is 2.10. The van der Waals surface area contributed by atoms with E-state index in [1.807, 2.05) is 12.1 Å². The lowest BCUT2D eigenvalue weighted by Gasteiger charge is -2.28. The topological polar surface area (TPSA) is 3.24 Å². The molecule has 1 heterocycles. The highest BCUT2D eigenvalue weighted by Gasteiger charge is 2.10. The van der Waals surface area contributed by atoms with E-state index in [1.165, 1.54) is 12.1 Å². The van der Waals surface area contributed by atoms with Gasteiger partial charge in [0.25, 0.3) is 0 Å². The molecule has 1 fully saturated rings. The van der Waals surface area contributed by atoms with Gasteiger partial charge in [-0.2, -0.15) is 0 Å². The van der Waals surface area contributed by atoms with E-state index in [9.17, 15) is 4.39 Å². The molecule has 0 saturated carbocycles. The average Bonchev–Trinajstić information content (AvgIpc) is 2.20. The fraction of sp³-hybridized carbons (Fsp3) is 0.364. The number of hydrogen-bond donors (Lipinski definition) is 0. The van der Waals surface area contributed by atoms with Gasteiger partial charge >= 0.3 is 0 Å². The van der Waals surface area contributed by atoms with Gasteiger partial charge in [0, 0.05) is 18.8 Å². The van der Waals surface area contributed by atoms with Crippen LogP contribution >= 0.6 is 0 Å². The van der Waals surface area contributed by atoms with Crippen LogP contribution in [0.3, 0.4) is 0 Å². The first-order valence-electron chi connectivity index (χ1n) is 4.68. The van der Waals surface area contributed by atoms with Crippen LogP contribution in [0.2, 0.25) is 0 Å². The summed E-state index contributed by atoms with van der Waals surface area (Å²) in [5.74, 6) is -0.160. The molecular weight excluding hydrogens is 165 g/mol. The monoisotopic (exact) mass is 178 g/mol. The first-order chi connectivity index (χ1) is 6.36. The van der Waals surface area contributed by atoms with Crippen molar-refractivity contribution in [3.8, 4) is 0 Å². The van der Waals surface area contributed by atoms with E-state index in [4.69, 9.17) is 0 Å². The van der Waals surface area contributed by atoms with E-state index < -0.39 is 0 Å². The lowest BCUT2D eigenvalue weighted by Crippen LogP contribution is -2.29. The highest BCUT2D eigenvalue weighted by Crippen LogP contribution is 2.19. The molecule has 2 rings (SSSR count). The Labute approximate surface area is 78.2 Å². The van der Waals surface area contributed by atoms with Crippen molar-refractivity contribution in [2.45, 2.75) is 12.8 Å². The van der Waals surface area contributed by atoms with Gasteiger partial charge in [-0.3, -0.25) is 0 Å². The smallest absolute Gasteiger partial charge is 0.123 e. The molecule has 1 aromatic carbocycles. The third-order valence-electron chi connectivity index (χ3n) is 2.40. The molecule has 0 spiro atoms. The van der Waals surface area contributed by atoms with E-state index in [2.05, 4.69) is 11.3 Å². The SMILES string of the molecule is Fc1ccc(N2CC[CH]CC2)cc1. The minimum atomic E-state index is -0.160. The van der Waals surface area contributed by atoms with Crippen molar-refractivity contribution in [3.05, 3.63) is 36.5 Å². The molecule has 1 aliphatic rings. The Morgan fingerprint density at radius 3 is 2.23 bits per heavy atom. The normalized spacial score (nSPS) is 17.5. The van der Waals surface area contributed by atoms with Gasteiger partial charge in [0.05, 0.1) is 0 Å². The van der Waals surface area contributed by atoms with Crippen LogP contribution in [0.4, 0.5) is 10.1 Å². The molecule has 1 radical (unpaired) electrons. The highest BCUT2D eigenvalue weighted by molar-refractivity contribution is 5.46. The zero-order valence-electron chi connectivity index (χ0n) is 7.54. The number of benzene rings is 1. The lowest BCUT2D eigenvalue weighted by molar-refractivity contribution is 0.626. The third-order valence-corrected chi connectivity index (χ3v) is 2.40. The Kier molecular flexibility index (Phi) is 2.48. The van der Waals surface area contributed by atoms with Crippen molar-refractivity contribution in [3.63, 3.8) is 0 Å². The van der Waals surface area contributed by atoms with Crippen LogP contribution in [-0.2, 0) is 0 Å². The zero-order valence-corrected chi connectivity index (χ0v) is 7.54. The summed E-state index contributed by atoms with van der Waals surface area (Å²) < 4.78 is 12.6. The second-order valence-electron chi connectivity index (χ2n) is 3.33. The fourth-order valence-corrected chi connectivity index (χ4v) is 1.66. The number of nitrogens with zero attached hydrogens (tertiary/aromatic N) is 1. The molecule has 0 aliphatic carbocycles. The number of hydrogen-bond acceptors (Lipinski definition) is 1. The standard InChI is InChI=1S/C11H13FN/c12-10-4-6-11(7-5-10)13-8-2-1-3-9-13/h1,4-7H,2-3,8-9H2. The molecular formula is C11H13FN. The first-order valence-corrected chi connectivity index (χ1v) is 4.68. The average molecular weight is 178 g/mol. The van der Waals surface area contributed by atoms with Crippen LogP contribution in [0.15, 0.2) is 24.3 Å². The summed E-state index contributed by atoms with van der Waals surface area (Å²) in [6.07, 6.45) is 4.58. The lowest BCUT2D eigenvalue weighted by atomic mass is 10.1. The van der Waals surface area contributed by atoms with E-state index in [0.717, 1.165) is 31.6 Å². The highest BCUT2D eigenvalue weighted by atomic mass is 19.1. The summed E-state index contributed by atoms with van der Waals surface area (Å²) in [7, 11) is 0. The maximum absolute atomic E-state index is 12.6. The van der Waals surface area contributed by atoms with Crippen molar-refractivity contribution in [1.82, 2.24) is 0 Å². The molecule has 1 aliphatic heterocycles. The largest absolute Gasteiger partial charge is 0.372 e. The molecule has 0 bridgehead atoms. The number of rotatable bonds is 1. The van der Waals surface area contributed by atoms with Crippen molar-refractivity contribution < 1.29 is 4.39 Å². The van der Waals surface area contributed by atoms with Crippen molar-refractivity contribution in [2.24, 2.45) is 0 Å². The molecule has 1 saturated heterocycles. The summed E-state index contributed by atoms with van der Waals surface area (Å²) in [6.45, 7) is 2.12. The predicted octanol–water partition coefficient (Wildman–Crippen LogP) is 2.63. The summed E-state index contributed by atoms with van der Waals surface area (Å²) in [4.78, 5) is 2.29. The van der Waals surface area contributed by atoms with Crippen LogP contribution < -0.4 is 4.90 Å². The Hall–Kier alpha value is -1.05. The summed E-state index contributed by atoms with van der Waals surface area (Å²) in [5, 5.41) is 0. The molecule has 69 valence electrons. The first kappa shape index (κ1) is 8.54. The molecule has 1 nitrogen and oxygen atoms in total. The predicted molar refractivity (Wildman–Crippen MR) is 52.1 cm³/mol. The van der Waals surface area contributed by atoms with Gasteiger partial charge in [-0.25, -0.2) is 4.39 Å². The van der Waals surface area contributed by atoms with Gasteiger partial charge < -0.3 is 4.90 Å². The van der Waals surface area contributed by atoms with Crippen molar-refractivity contribution >= 4 is 5.69 Å². The molecule has 2 heteroatoms. The molecule has 0 N–H and O–H groups in total. The third kappa shape index (κ3) is 2.00. The van der Waals surface area contributed by atoms with Crippen molar-refractivity contribution in [2.75, 3.05) is 18.0 Å². The quantitative estimate of drug-likeness (QED) is 0.639. The summed E-state index contributed by atoms with van der Waals surface area (Å²) in [6, 6.07) is 6.74. The maximum atomic E-state index is 12.6. The number of piperidine rings is 1. The van der Waals surface area contributed by atoms with E-state index in [0.29, 0.717) is 0 Å². The maximum Gasteiger partial charge on any atom is 0.123 e. The van der Waals surface area contributed by atoms with E-state index >= 15 is 0 Å². The Morgan fingerprint density at radius 2 is 1.62 bits per heavy atom. The Morgan fingerprint density at radius 1 is 1.00 bits per heavy atom. The second-order valence-corrected chi connectivity index (χ2v) is 3.33. The van der Waals surface area contributed by atoms with E-state index in [1.54, 1.807) is 0 Å². The molecule has 1 aromatic rings. The number of halogens is 1. The van der Waals surface area contributed by atoms with Gasteiger partial charge in [-0.15, -0.1) is 0 Å². The fourth-order valence-electron chi connectivity index (χ4n) is 1.66. The minimum absolute atomic E-state index is 0.160. The zero-order chi connectivity index (χ0) is 9.10. The van der Waals surface area contributed by atoms with Crippen molar-refractivity contribution in [1.29, 1.82) is 0 Å². The molecule has 0 atom stereocenters.